The molecule has 0 radical (unpaired) electrons. The van der Waals surface area contributed by atoms with Crippen molar-refractivity contribution in [3.63, 3.8) is 0 Å². The van der Waals surface area contributed by atoms with Gasteiger partial charge in [0.15, 0.2) is 0 Å². The molecule has 1 heteroatoms. The van der Waals surface area contributed by atoms with Crippen molar-refractivity contribution < 1.29 is 0 Å². The van der Waals surface area contributed by atoms with Crippen LogP contribution in [0.2, 0.25) is 0 Å². The highest BCUT2D eigenvalue weighted by Gasteiger charge is 2.08. The highest BCUT2D eigenvalue weighted by molar-refractivity contribution is 5.94. The second kappa shape index (κ2) is 4.11. The molecule has 0 fully saturated rings. The van der Waals surface area contributed by atoms with Crippen LogP contribution in [0.1, 0.15) is 12.0 Å². The van der Waals surface area contributed by atoms with Crippen molar-refractivity contribution in [2.45, 2.75) is 6.42 Å². The van der Waals surface area contributed by atoms with E-state index in [2.05, 4.69) is 53.9 Å². The summed E-state index contributed by atoms with van der Waals surface area (Å²) in [5, 5.41) is 6.06. The SMILES string of the molecule is C1=C(c2cccc3ccccc23)CCNC1. The molecular formula is C15H15N. The van der Waals surface area contributed by atoms with Crippen molar-refractivity contribution in [2.24, 2.45) is 0 Å². The van der Waals surface area contributed by atoms with Gasteiger partial charge in [-0.2, -0.15) is 0 Å². The quantitative estimate of drug-likeness (QED) is 0.760. The summed E-state index contributed by atoms with van der Waals surface area (Å²) >= 11 is 0. The first kappa shape index (κ1) is 9.61. The predicted octanol–water partition coefficient (Wildman–Crippen LogP) is 3.22. The molecule has 3 rings (SSSR count). The van der Waals surface area contributed by atoms with Crippen LogP contribution in [0.15, 0.2) is 48.5 Å². The first-order chi connectivity index (χ1) is 7.95. The zero-order chi connectivity index (χ0) is 10.8. The molecule has 1 heterocycles. The standard InChI is InChI=1S/C15H15N/c1-2-6-14-12(4-1)5-3-7-15(14)13-8-10-16-11-9-13/h1-8,16H,9-11H2. The average Bonchev–Trinajstić information content (AvgIpc) is 2.39. The fraction of sp³-hybridized carbons (Fsp3) is 0.200. The summed E-state index contributed by atoms with van der Waals surface area (Å²) in [6, 6.07) is 15.2. The molecule has 2 aromatic carbocycles. The number of fused-ring (bicyclic) bond motifs is 1. The zero-order valence-corrected chi connectivity index (χ0v) is 9.24. The van der Waals surface area contributed by atoms with Crippen molar-refractivity contribution in [3.8, 4) is 0 Å². The van der Waals surface area contributed by atoms with Gasteiger partial charge in [-0.05, 0) is 34.9 Å². The molecule has 80 valence electrons. The Labute approximate surface area is 95.8 Å². The molecule has 0 unspecified atom stereocenters. The van der Waals surface area contributed by atoms with Gasteiger partial charge in [-0.3, -0.25) is 0 Å². The predicted molar refractivity (Wildman–Crippen MR) is 69.4 cm³/mol. The molecule has 1 aliphatic heterocycles. The molecule has 0 saturated heterocycles. The molecular weight excluding hydrogens is 194 g/mol. The smallest absolute Gasteiger partial charge is 0.0140 e. The van der Waals surface area contributed by atoms with Crippen LogP contribution in [0.5, 0.6) is 0 Å². The Morgan fingerprint density at radius 3 is 2.69 bits per heavy atom. The van der Waals surface area contributed by atoms with E-state index in [0.29, 0.717) is 0 Å². The monoisotopic (exact) mass is 209 g/mol. The van der Waals surface area contributed by atoms with Crippen LogP contribution in [0.3, 0.4) is 0 Å². The normalized spacial score (nSPS) is 16.1. The molecule has 16 heavy (non-hydrogen) atoms. The third-order valence-electron chi connectivity index (χ3n) is 3.20. The van der Waals surface area contributed by atoms with Crippen LogP contribution in [0.25, 0.3) is 16.3 Å². The van der Waals surface area contributed by atoms with E-state index in [9.17, 15) is 0 Å². The van der Waals surface area contributed by atoms with Gasteiger partial charge in [0.2, 0.25) is 0 Å². The minimum Gasteiger partial charge on any atom is -0.313 e. The lowest BCUT2D eigenvalue weighted by Gasteiger charge is -2.16. The molecule has 1 aliphatic rings. The Hall–Kier alpha value is -1.60. The Kier molecular flexibility index (Phi) is 2.47. The molecule has 0 aliphatic carbocycles. The summed E-state index contributed by atoms with van der Waals surface area (Å²) in [4.78, 5) is 0. The lowest BCUT2D eigenvalue weighted by atomic mass is 9.95. The summed E-state index contributed by atoms with van der Waals surface area (Å²) in [5.41, 5.74) is 2.88. The number of nitrogens with one attached hydrogen (secondary N) is 1. The molecule has 0 saturated carbocycles. The van der Waals surface area contributed by atoms with Crippen molar-refractivity contribution in [2.75, 3.05) is 13.1 Å². The van der Waals surface area contributed by atoms with Crippen LogP contribution >= 0.6 is 0 Å². The number of rotatable bonds is 1. The fourth-order valence-corrected chi connectivity index (χ4v) is 2.37. The van der Waals surface area contributed by atoms with Crippen molar-refractivity contribution in [3.05, 3.63) is 54.1 Å². The minimum atomic E-state index is 0.999. The minimum absolute atomic E-state index is 0.999. The van der Waals surface area contributed by atoms with Crippen LogP contribution in [-0.2, 0) is 0 Å². The van der Waals surface area contributed by atoms with Gasteiger partial charge in [-0.25, -0.2) is 0 Å². The van der Waals surface area contributed by atoms with E-state index in [1.165, 1.54) is 21.9 Å². The topological polar surface area (TPSA) is 12.0 Å². The maximum atomic E-state index is 3.36. The van der Waals surface area contributed by atoms with Crippen LogP contribution in [0.4, 0.5) is 0 Å². The van der Waals surface area contributed by atoms with Gasteiger partial charge in [-0.1, -0.05) is 48.5 Å². The number of hydrogen-bond acceptors (Lipinski definition) is 1. The molecule has 0 amide bonds. The Balaban J connectivity index is 2.19. The van der Waals surface area contributed by atoms with Gasteiger partial charge in [0.25, 0.3) is 0 Å². The number of hydrogen-bond donors (Lipinski definition) is 1. The van der Waals surface area contributed by atoms with E-state index in [0.717, 1.165) is 19.5 Å². The van der Waals surface area contributed by atoms with Crippen LogP contribution in [-0.4, -0.2) is 13.1 Å². The third-order valence-corrected chi connectivity index (χ3v) is 3.20. The van der Waals surface area contributed by atoms with Crippen LogP contribution in [0, 0.1) is 0 Å². The third kappa shape index (κ3) is 1.63. The summed E-state index contributed by atoms with van der Waals surface area (Å²) in [5.74, 6) is 0. The van der Waals surface area contributed by atoms with Gasteiger partial charge in [-0.15, -0.1) is 0 Å². The van der Waals surface area contributed by atoms with Crippen LogP contribution < -0.4 is 5.32 Å². The molecule has 0 bridgehead atoms. The second-order valence-electron chi connectivity index (χ2n) is 4.21. The maximum Gasteiger partial charge on any atom is 0.0140 e. The van der Waals surface area contributed by atoms with Gasteiger partial charge in [0.1, 0.15) is 0 Å². The molecule has 1 N–H and O–H groups in total. The van der Waals surface area contributed by atoms with Crippen molar-refractivity contribution in [1.29, 1.82) is 0 Å². The molecule has 2 aromatic rings. The van der Waals surface area contributed by atoms with Gasteiger partial charge >= 0.3 is 0 Å². The highest BCUT2D eigenvalue weighted by Crippen LogP contribution is 2.27. The van der Waals surface area contributed by atoms with E-state index in [1.807, 2.05) is 0 Å². The first-order valence-corrected chi connectivity index (χ1v) is 5.83. The largest absolute Gasteiger partial charge is 0.313 e. The summed E-state index contributed by atoms with van der Waals surface area (Å²) in [6.07, 6.45) is 3.44. The Morgan fingerprint density at radius 1 is 0.938 bits per heavy atom. The Bertz CT molecular complexity index is 535. The summed E-state index contributed by atoms with van der Waals surface area (Å²) in [7, 11) is 0. The van der Waals surface area contributed by atoms with E-state index in [1.54, 1.807) is 0 Å². The Morgan fingerprint density at radius 2 is 1.81 bits per heavy atom. The van der Waals surface area contributed by atoms with Gasteiger partial charge in [0.05, 0.1) is 0 Å². The van der Waals surface area contributed by atoms with Gasteiger partial charge < -0.3 is 5.32 Å². The van der Waals surface area contributed by atoms with Crippen molar-refractivity contribution >= 4 is 16.3 Å². The molecule has 0 aromatic heterocycles. The average molecular weight is 209 g/mol. The molecule has 0 atom stereocenters. The summed E-state index contributed by atoms with van der Waals surface area (Å²) in [6.45, 7) is 2.09. The lowest BCUT2D eigenvalue weighted by Crippen LogP contribution is -2.20. The van der Waals surface area contributed by atoms with E-state index < -0.39 is 0 Å². The zero-order valence-electron chi connectivity index (χ0n) is 9.24. The fourth-order valence-electron chi connectivity index (χ4n) is 2.37. The van der Waals surface area contributed by atoms with E-state index in [-0.39, 0.29) is 0 Å². The van der Waals surface area contributed by atoms with E-state index >= 15 is 0 Å². The molecule has 1 nitrogen and oxygen atoms in total. The van der Waals surface area contributed by atoms with E-state index in [4.69, 9.17) is 0 Å². The molecule has 0 spiro atoms. The number of benzene rings is 2. The highest BCUT2D eigenvalue weighted by atomic mass is 14.8. The maximum absolute atomic E-state index is 3.36. The second-order valence-corrected chi connectivity index (χ2v) is 4.21. The van der Waals surface area contributed by atoms with Crippen molar-refractivity contribution in [1.82, 2.24) is 5.32 Å². The summed E-state index contributed by atoms with van der Waals surface area (Å²) < 4.78 is 0. The van der Waals surface area contributed by atoms with Gasteiger partial charge in [0, 0.05) is 6.54 Å². The first-order valence-electron chi connectivity index (χ1n) is 5.83. The lowest BCUT2D eigenvalue weighted by molar-refractivity contribution is 0.739.